The lowest BCUT2D eigenvalue weighted by atomic mass is 9.82. The molecule has 0 aromatic heterocycles. The van der Waals surface area contributed by atoms with E-state index in [4.69, 9.17) is 15.2 Å². The maximum absolute atomic E-state index is 10.6. The Morgan fingerprint density at radius 3 is 2.80 bits per heavy atom. The van der Waals surface area contributed by atoms with Crippen LogP contribution in [0.3, 0.4) is 0 Å². The van der Waals surface area contributed by atoms with E-state index < -0.39 is 11.5 Å². The number of hydrogen-bond acceptors (Lipinski definition) is 4. The minimum absolute atomic E-state index is 0.175. The summed E-state index contributed by atoms with van der Waals surface area (Å²) in [5.74, 6) is 1.58. The Morgan fingerprint density at radius 2 is 2.20 bits per heavy atom. The largest absolute Gasteiger partial charge is 0.493 e. The normalized spacial score (nSPS) is 19.4. The molecule has 0 saturated heterocycles. The van der Waals surface area contributed by atoms with E-state index in [0.717, 1.165) is 29.0 Å². The fraction of sp³-hybridized carbons (Fsp3) is 0.625. The molecular weight excluding hydrogens is 254 g/mol. The molecule has 1 aliphatic rings. The van der Waals surface area contributed by atoms with E-state index in [1.165, 1.54) is 0 Å². The van der Waals surface area contributed by atoms with Gasteiger partial charge in [0.2, 0.25) is 0 Å². The summed E-state index contributed by atoms with van der Waals surface area (Å²) in [6.07, 6.45) is 0.375. The summed E-state index contributed by atoms with van der Waals surface area (Å²) < 4.78 is 11.5. The molecular formula is C16H25NO3. The van der Waals surface area contributed by atoms with E-state index in [9.17, 15) is 5.11 Å². The molecule has 2 atom stereocenters. The van der Waals surface area contributed by atoms with Crippen molar-refractivity contribution in [2.75, 3.05) is 13.2 Å². The third kappa shape index (κ3) is 2.76. The minimum atomic E-state index is -0.682. The summed E-state index contributed by atoms with van der Waals surface area (Å²) in [5, 5.41) is 10.6. The first kappa shape index (κ1) is 15.1. The number of benzene rings is 1. The van der Waals surface area contributed by atoms with Crippen molar-refractivity contribution in [1.82, 2.24) is 0 Å². The molecule has 1 aromatic rings. The topological polar surface area (TPSA) is 64.7 Å². The summed E-state index contributed by atoms with van der Waals surface area (Å²) in [6, 6.07) is 3.90. The third-order valence-electron chi connectivity index (χ3n) is 3.89. The van der Waals surface area contributed by atoms with E-state index in [2.05, 4.69) is 0 Å². The third-order valence-corrected chi connectivity index (χ3v) is 3.89. The SMILES string of the molecule is CCOc1cc2c(cc1C(O)C(C)(C)CN)OC(C)C2. The second kappa shape index (κ2) is 5.62. The fourth-order valence-corrected chi connectivity index (χ4v) is 2.48. The average molecular weight is 279 g/mol. The van der Waals surface area contributed by atoms with Gasteiger partial charge in [-0.2, -0.15) is 0 Å². The van der Waals surface area contributed by atoms with E-state index in [1.807, 2.05) is 39.8 Å². The van der Waals surface area contributed by atoms with Gasteiger partial charge in [0, 0.05) is 29.5 Å². The molecule has 0 fully saturated rings. The van der Waals surface area contributed by atoms with E-state index >= 15 is 0 Å². The molecule has 1 aliphatic heterocycles. The van der Waals surface area contributed by atoms with E-state index in [-0.39, 0.29) is 6.10 Å². The van der Waals surface area contributed by atoms with Gasteiger partial charge in [-0.15, -0.1) is 0 Å². The zero-order valence-corrected chi connectivity index (χ0v) is 12.8. The first-order valence-corrected chi connectivity index (χ1v) is 7.23. The number of rotatable bonds is 5. The summed E-state index contributed by atoms with van der Waals surface area (Å²) in [4.78, 5) is 0. The van der Waals surface area contributed by atoms with Crippen LogP contribution in [0, 0.1) is 5.41 Å². The zero-order chi connectivity index (χ0) is 14.9. The average Bonchev–Trinajstić information content (AvgIpc) is 2.76. The first-order chi connectivity index (χ1) is 9.39. The smallest absolute Gasteiger partial charge is 0.125 e. The van der Waals surface area contributed by atoms with Crippen molar-refractivity contribution in [3.05, 3.63) is 23.3 Å². The van der Waals surface area contributed by atoms with Crippen LogP contribution in [-0.2, 0) is 6.42 Å². The van der Waals surface area contributed by atoms with E-state index in [1.54, 1.807) is 0 Å². The Balaban J connectivity index is 2.43. The summed E-state index contributed by atoms with van der Waals surface area (Å²) >= 11 is 0. The van der Waals surface area contributed by atoms with Gasteiger partial charge in [-0.25, -0.2) is 0 Å². The van der Waals surface area contributed by atoms with Gasteiger partial charge in [0.1, 0.15) is 17.6 Å². The van der Waals surface area contributed by atoms with E-state index in [0.29, 0.717) is 13.2 Å². The van der Waals surface area contributed by atoms with Crippen molar-refractivity contribution < 1.29 is 14.6 Å². The van der Waals surface area contributed by atoms with Gasteiger partial charge in [0.25, 0.3) is 0 Å². The standard InChI is InChI=1S/C16H25NO3/c1-5-19-14-7-11-6-10(2)20-13(11)8-12(14)15(18)16(3,4)9-17/h7-8,10,15,18H,5-6,9,17H2,1-4H3. The molecule has 1 aromatic carbocycles. The highest BCUT2D eigenvalue weighted by Crippen LogP contribution is 2.42. The molecule has 0 spiro atoms. The van der Waals surface area contributed by atoms with Crippen LogP contribution in [0.2, 0.25) is 0 Å². The van der Waals surface area contributed by atoms with Crippen LogP contribution in [0.15, 0.2) is 12.1 Å². The fourth-order valence-electron chi connectivity index (χ4n) is 2.48. The number of aliphatic hydroxyl groups is 1. The van der Waals surface area contributed by atoms with Gasteiger partial charge >= 0.3 is 0 Å². The molecule has 20 heavy (non-hydrogen) atoms. The van der Waals surface area contributed by atoms with Crippen LogP contribution < -0.4 is 15.2 Å². The number of ether oxygens (including phenoxy) is 2. The number of hydrogen-bond donors (Lipinski definition) is 2. The highest BCUT2D eigenvalue weighted by molar-refractivity contribution is 5.50. The summed E-state index contributed by atoms with van der Waals surface area (Å²) in [5.41, 5.74) is 7.26. The van der Waals surface area contributed by atoms with Gasteiger partial charge in [-0.3, -0.25) is 0 Å². The second-order valence-corrected chi connectivity index (χ2v) is 6.16. The highest BCUT2D eigenvalue weighted by Gasteiger charge is 2.32. The van der Waals surface area contributed by atoms with Gasteiger partial charge in [0.05, 0.1) is 12.7 Å². The number of fused-ring (bicyclic) bond motifs is 1. The lowest BCUT2D eigenvalue weighted by molar-refractivity contribution is 0.0526. The molecule has 2 rings (SSSR count). The summed E-state index contributed by atoms with van der Waals surface area (Å²) in [7, 11) is 0. The Bertz CT molecular complexity index is 485. The molecule has 1 heterocycles. The molecule has 4 nitrogen and oxygen atoms in total. The molecule has 2 unspecified atom stereocenters. The number of nitrogens with two attached hydrogens (primary N) is 1. The predicted molar refractivity (Wildman–Crippen MR) is 79.2 cm³/mol. The molecule has 0 bridgehead atoms. The zero-order valence-electron chi connectivity index (χ0n) is 12.8. The molecule has 112 valence electrons. The van der Waals surface area contributed by atoms with Crippen molar-refractivity contribution in [3.8, 4) is 11.5 Å². The molecule has 0 saturated carbocycles. The Hall–Kier alpha value is -1.26. The lowest BCUT2D eigenvalue weighted by Crippen LogP contribution is -2.31. The quantitative estimate of drug-likeness (QED) is 0.869. The Labute approximate surface area is 120 Å². The molecule has 0 radical (unpaired) electrons. The highest BCUT2D eigenvalue weighted by atomic mass is 16.5. The van der Waals surface area contributed by atoms with Gasteiger partial charge in [-0.1, -0.05) is 13.8 Å². The molecule has 0 amide bonds. The van der Waals surface area contributed by atoms with Crippen LogP contribution in [0.4, 0.5) is 0 Å². The molecule has 0 aliphatic carbocycles. The first-order valence-electron chi connectivity index (χ1n) is 7.23. The van der Waals surface area contributed by atoms with Gasteiger partial charge in [0.15, 0.2) is 0 Å². The Morgan fingerprint density at radius 1 is 1.50 bits per heavy atom. The number of aliphatic hydroxyl groups excluding tert-OH is 1. The monoisotopic (exact) mass is 279 g/mol. The Kier molecular flexibility index (Phi) is 4.25. The van der Waals surface area contributed by atoms with Crippen molar-refractivity contribution in [2.24, 2.45) is 11.1 Å². The molecule has 4 heteroatoms. The minimum Gasteiger partial charge on any atom is -0.493 e. The predicted octanol–water partition coefficient (Wildman–Crippen LogP) is 2.43. The maximum atomic E-state index is 10.6. The lowest BCUT2D eigenvalue weighted by Gasteiger charge is -2.30. The van der Waals surface area contributed by atoms with Crippen molar-refractivity contribution >= 4 is 0 Å². The van der Waals surface area contributed by atoms with Crippen LogP contribution in [0.1, 0.15) is 44.9 Å². The van der Waals surface area contributed by atoms with Crippen LogP contribution in [0.25, 0.3) is 0 Å². The maximum Gasteiger partial charge on any atom is 0.125 e. The summed E-state index contributed by atoms with van der Waals surface area (Å²) in [6.45, 7) is 8.84. The molecule has 3 N–H and O–H groups in total. The van der Waals surface area contributed by atoms with Gasteiger partial charge < -0.3 is 20.3 Å². The van der Waals surface area contributed by atoms with Gasteiger partial charge in [-0.05, 0) is 26.0 Å². The van der Waals surface area contributed by atoms with Crippen molar-refractivity contribution in [1.29, 1.82) is 0 Å². The van der Waals surface area contributed by atoms with Crippen molar-refractivity contribution in [2.45, 2.75) is 46.3 Å². The second-order valence-electron chi connectivity index (χ2n) is 6.16. The van der Waals surface area contributed by atoms with Crippen molar-refractivity contribution in [3.63, 3.8) is 0 Å². The van der Waals surface area contributed by atoms with Crippen LogP contribution in [0.5, 0.6) is 11.5 Å². The van der Waals surface area contributed by atoms with Crippen LogP contribution in [-0.4, -0.2) is 24.4 Å². The van der Waals surface area contributed by atoms with Crippen LogP contribution >= 0.6 is 0 Å².